The number of hydrogen-bond acceptors (Lipinski definition) is 2. The fraction of sp³-hybridized carbons (Fsp3) is 0. The van der Waals surface area contributed by atoms with Crippen molar-refractivity contribution in [1.82, 2.24) is 5.43 Å². The zero-order valence-electron chi connectivity index (χ0n) is 10.1. The van der Waals surface area contributed by atoms with E-state index in [0.29, 0.717) is 10.6 Å². The molecule has 0 spiro atoms. The van der Waals surface area contributed by atoms with Gasteiger partial charge in [0, 0.05) is 22.2 Å². The first kappa shape index (κ1) is 14.1. The smallest absolute Gasteiger partial charge is 0.267 e. The topological polar surface area (TPSA) is 41.5 Å². The Hall–Kier alpha value is -2.27. The Morgan fingerprint density at radius 3 is 2.50 bits per heavy atom. The van der Waals surface area contributed by atoms with Crippen LogP contribution in [0.25, 0.3) is 0 Å². The van der Waals surface area contributed by atoms with Crippen molar-refractivity contribution in [3.63, 3.8) is 0 Å². The molecule has 2 aromatic rings. The highest BCUT2D eigenvalue weighted by atomic mass is 35.5. The predicted octanol–water partition coefficient (Wildman–Crippen LogP) is 3.38. The molecule has 0 aromatic heterocycles. The number of rotatable bonds is 3. The lowest BCUT2D eigenvalue weighted by Crippen LogP contribution is -2.17. The summed E-state index contributed by atoms with van der Waals surface area (Å²) in [5, 5.41) is 4.12. The van der Waals surface area contributed by atoms with Crippen LogP contribution in [0, 0.1) is 11.6 Å². The summed E-state index contributed by atoms with van der Waals surface area (Å²) < 4.78 is 26.0. The molecule has 0 fully saturated rings. The van der Waals surface area contributed by atoms with Crippen molar-refractivity contribution in [3.05, 3.63) is 70.2 Å². The van der Waals surface area contributed by atoms with E-state index >= 15 is 0 Å². The number of hydrazone groups is 1. The summed E-state index contributed by atoms with van der Waals surface area (Å²) in [6, 6.07) is 9.27. The van der Waals surface area contributed by atoms with Crippen molar-refractivity contribution in [3.8, 4) is 0 Å². The van der Waals surface area contributed by atoms with Crippen LogP contribution in [0.5, 0.6) is 0 Å². The molecular weight excluding hydrogens is 286 g/mol. The van der Waals surface area contributed by atoms with Crippen LogP contribution in [-0.2, 0) is 0 Å². The van der Waals surface area contributed by atoms with E-state index in [1.165, 1.54) is 18.2 Å². The average molecular weight is 295 g/mol. The summed E-state index contributed by atoms with van der Waals surface area (Å²) in [7, 11) is 0. The van der Waals surface area contributed by atoms with Gasteiger partial charge in [-0.25, -0.2) is 14.2 Å². The Morgan fingerprint density at radius 2 is 1.85 bits per heavy atom. The monoisotopic (exact) mass is 294 g/mol. The van der Waals surface area contributed by atoms with Crippen LogP contribution in [-0.4, -0.2) is 12.1 Å². The summed E-state index contributed by atoms with van der Waals surface area (Å²) in [6.45, 7) is 0. The first-order valence-electron chi connectivity index (χ1n) is 5.60. The molecule has 0 heterocycles. The number of hydrogen-bond donors (Lipinski definition) is 1. The SMILES string of the molecule is O=C(NN=Cc1ccc(F)cc1F)c1ccc(Cl)cc1. The second-order valence-corrected chi connectivity index (χ2v) is 4.31. The molecule has 0 bridgehead atoms. The number of nitrogens with zero attached hydrogens (tertiary/aromatic N) is 1. The largest absolute Gasteiger partial charge is 0.271 e. The van der Waals surface area contributed by atoms with Crippen molar-refractivity contribution < 1.29 is 13.6 Å². The Labute approximate surface area is 118 Å². The molecule has 0 unspecified atom stereocenters. The third kappa shape index (κ3) is 3.61. The molecule has 2 aromatic carbocycles. The van der Waals surface area contributed by atoms with Gasteiger partial charge in [-0.3, -0.25) is 4.79 Å². The lowest BCUT2D eigenvalue weighted by Gasteiger charge is -2.00. The van der Waals surface area contributed by atoms with E-state index in [0.717, 1.165) is 18.3 Å². The second kappa shape index (κ2) is 6.25. The van der Waals surface area contributed by atoms with Crippen LogP contribution in [0.1, 0.15) is 15.9 Å². The Kier molecular flexibility index (Phi) is 4.42. The Bertz CT molecular complexity index is 657. The molecular formula is C14H9ClF2N2O. The molecule has 0 saturated heterocycles. The van der Waals surface area contributed by atoms with Crippen molar-refractivity contribution >= 4 is 23.7 Å². The molecule has 0 radical (unpaired) electrons. The summed E-state index contributed by atoms with van der Waals surface area (Å²) in [6.07, 6.45) is 1.10. The first-order valence-corrected chi connectivity index (χ1v) is 5.98. The molecule has 0 aliphatic heterocycles. The molecule has 1 N–H and O–H groups in total. The standard InChI is InChI=1S/C14H9ClF2N2O/c15-11-4-1-9(2-5-11)14(20)19-18-8-10-3-6-12(16)7-13(10)17/h1-8H,(H,19,20). The zero-order valence-corrected chi connectivity index (χ0v) is 10.9. The molecule has 0 aliphatic rings. The Morgan fingerprint density at radius 1 is 1.15 bits per heavy atom. The quantitative estimate of drug-likeness (QED) is 0.684. The van der Waals surface area contributed by atoms with Crippen LogP contribution in [0.4, 0.5) is 8.78 Å². The Balaban J connectivity index is 2.02. The first-order chi connectivity index (χ1) is 9.56. The molecule has 1 amide bonds. The molecule has 102 valence electrons. The maximum absolute atomic E-state index is 13.3. The number of amides is 1. The van der Waals surface area contributed by atoms with Crippen LogP contribution < -0.4 is 5.43 Å². The third-order valence-corrected chi connectivity index (χ3v) is 2.69. The van der Waals surface area contributed by atoms with Gasteiger partial charge in [-0.15, -0.1) is 0 Å². The van der Waals surface area contributed by atoms with Crippen LogP contribution >= 0.6 is 11.6 Å². The highest BCUT2D eigenvalue weighted by Crippen LogP contribution is 2.09. The normalized spacial score (nSPS) is 10.8. The van der Waals surface area contributed by atoms with Gasteiger partial charge in [0.25, 0.3) is 5.91 Å². The fourth-order valence-electron chi connectivity index (χ4n) is 1.43. The summed E-state index contributed by atoms with van der Waals surface area (Å²) in [4.78, 5) is 11.7. The van der Waals surface area contributed by atoms with Gasteiger partial charge < -0.3 is 0 Å². The van der Waals surface area contributed by atoms with Gasteiger partial charge in [0.15, 0.2) is 0 Å². The average Bonchev–Trinajstić information content (AvgIpc) is 2.42. The van der Waals surface area contributed by atoms with E-state index < -0.39 is 17.5 Å². The lowest BCUT2D eigenvalue weighted by molar-refractivity contribution is 0.0955. The molecule has 0 saturated carbocycles. The van der Waals surface area contributed by atoms with Crippen molar-refractivity contribution in [2.24, 2.45) is 5.10 Å². The van der Waals surface area contributed by atoms with Crippen molar-refractivity contribution in [2.75, 3.05) is 0 Å². The molecule has 20 heavy (non-hydrogen) atoms. The van der Waals surface area contributed by atoms with E-state index in [9.17, 15) is 13.6 Å². The predicted molar refractivity (Wildman–Crippen MR) is 72.9 cm³/mol. The van der Waals surface area contributed by atoms with Gasteiger partial charge in [-0.2, -0.15) is 5.10 Å². The fourth-order valence-corrected chi connectivity index (χ4v) is 1.56. The van der Waals surface area contributed by atoms with Crippen LogP contribution in [0.15, 0.2) is 47.6 Å². The van der Waals surface area contributed by atoms with Crippen molar-refractivity contribution in [1.29, 1.82) is 0 Å². The third-order valence-electron chi connectivity index (χ3n) is 2.44. The highest BCUT2D eigenvalue weighted by Gasteiger charge is 2.04. The maximum Gasteiger partial charge on any atom is 0.271 e. The molecule has 2 rings (SSSR count). The molecule has 0 aliphatic carbocycles. The minimum atomic E-state index is -0.755. The summed E-state index contributed by atoms with van der Waals surface area (Å²) in [5.74, 6) is -1.89. The van der Waals surface area contributed by atoms with E-state index in [-0.39, 0.29) is 5.56 Å². The minimum absolute atomic E-state index is 0.0720. The van der Waals surface area contributed by atoms with Crippen LogP contribution in [0.2, 0.25) is 5.02 Å². The number of benzene rings is 2. The molecule has 0 atom stereocenters. The summed E-state index contributed by atoms with van der Waals surface area (Å²) >= 11 is 5.70. The van der Waals surface area contributed by atoms with Gasteiger partial charge in [-0.05, 0) is 36.4 Å². The van der Waals surface area contributed by atoms with Gasteiger partial charge in [0.2, 0.25) is 0 Å². The summed E-state index contributed by atoms with van der Waals surface area (Å²) in [5.41, 5.74) is 2.67. The van der Waals surface area contributed by atoms with Crippen molar-refractivity contribution in [2.45, 2.75) is 0 Å². The van der Waals surface area contributed by atoms with Crippen LogP contribution in [0.3, 0.4) is 0 Å². The lowest BCUT2D eigenvalue weighted by atomic mass is 10.2. The van der Waals surface area contributed by atoms with E-state index in [2.05, 4.69) is 10.5 Å². The maximum atomic E-state index is 13.3. The number of carbonyl (C=O) groups excluding carboxylic acids is 1. The molecule has 6 heteroatoms. The van der Waals surface area contributed by atoms with Gasteiger partial charge >= 0.3 is 0 Å². The van der Waals surface area contributed by atoms with Gasteiger partial charge in [-0.1, -0.05) is 11.6 Å². The minimum Gasteiger partial charge on any atom is -0.267 e. The molecule has 3 nitrogen and oxygen atoms in total. The number of halogens is 3. The van der Waals surface area contributed by atoms with Gasteiger partial charge in [0.05, 0.1) is 6.21 Å². The van der Waals surface area contributed by atoms with E-state index in [1.807, 2.05) is 0 Å². The highest BCUT2D eigenvalue weighted by molar-refractivity contribution is 6.30. The number of carbonyl (C=O) groups is 1. The number of nitrogens with one attached hydrogen (secondary N) is 1. The van der Waals surface area contributed by atoms with Gasteiger partial charge in [0.1, 0.15) is 11.6 Å². The zero-order chi connectivity index (χ0) is 14.5. The van der Waals surface area contributed by atoms with E-state index in [1.54, 1.807) is 12.1 Å². The second-order valence-electron chi connectivity index (χ2n) is 3.87. The van der Waals surface area contributed by atoms with E-state index in [4.69, 9.17) is 11.6 Å².